The summed E-state index contributed by atoms with van der Waals surface area (Å²) in [5.74, 6) is 0. The molecule has 0 amide bonds. The molecule has 1 aliphatic heterocycles. The zero-order valence-electron chi connectivity index (χ0n) is 9.36. The van der Waals surface area contributed by atoms with Crippen molar-refractivity contribution in [1.82, 2.24) is 9.88 Å². The normalized spacial score (nSPS) is 17.6. The van der Waals surface area contributed by atoms with E-state index in [0.717, 1.165) is 55.9 Å². The molecule has 16 heavy (non-hydrogen) atoms. The van der Waals surface area contributed by atoms with Crippen molar-refractivity contribution in [2.75, 3.05) is 32.8 Å². The number of aryl methyl sites for hydroxylation is 1. The standard InChI is InChI=1S/C12H17BrN2O/c13-11-3-1-5-14-12(11)4-2-6-15-7-9-16-10-8-15/h1,3,5H,2,4,6-10H2. The summed E-state index contributed by atoms with van der Waals surface area (Å²) < 4.78 is 6.44. The summed E-state index contributed by atoms with van der Waals surface area (Å²) in [5, 5.41) is 0. The van der Waals surface area contributed by atoms with Crippen LogP contribution in [0.5, 0.6) is 0 Å². The van der Waals surface area contributed by atoms with Gasteiger partial charge in [0.1, 0.15) is 0 Å². The Morgan fingerprint density at radius 1 is 1.38 bits per heavy atom. The van der Waals surface area contributed by atoms with Gasteiger partial charge in [0.25, 0.3) is 0 Å². The summed E-state index contributed by atoms with van der Waals surface area (Å²) >= 11 is 3.53. The van der Waals surface area contributed by atoms with Crippen molar-refractivity contribution in [2.24, 2.45) is 0 Å². The lowest BCUT2D eigenvalue weighted by Gasteiger charge is -2.26. The Balaban J connectivity index is 1.73. The van der Waals surface area contributed by atoms with Crippen molar-refractivity contribution in [3.8, 4) is 0 Å². The first-order valence-electron chi connectivity index (χ1n) is 5.76. The maximum absolute atomic E-state index is 5.32. The van der Waals surface area contributed by atoms with E-state index in [1.807, 2.05) is 12.3 Å². The summed E-state index contributed by atoms with van der Waals surface area (Å²) in [6.45, 7) is 5.06. The fourth-order valence-electron chi connectivity index (χ4n) is 1.90. The molecule has 0 saturated carbocycles. The Bertz CT molecular complexity index is 327. The molecule has 0 unspecified atom stereocenters. The summed E-state index contributed by atoms with van der Waals surface area (Å²) in [5.41, 5.74) is 1.16. The number of nitrogens with zero attached hydrogens (tertiary/aromatic N) is 2. The van der Waals surface area contributed by atoms with Crippen molar-refractivity contribution < 1.29 is 4.74 Å². The van der Waals surface area contributed by atoms with E-state index in [1.165, 1.54) is 0 Å². The van der Waals surface area contributed by atoms with Crippen molar-refractivity contribution >= 4 is 15.9 Å². The lowest BCUT2D eigenvalue weighted by molar-refractivity contribution is 0.0374. The first-order chi connectivity index (χ1) is 7.86. The molecule has 1 aromatic heterocycles. The van der Waals surface area contributed by atoms with Gasteiger partial charge in [-0.3, -0.25) is 9.88 Å². The molecule has 2 heterocycles. The molecule has 1 fully saturated rings. The van der Waals surface area contributed by atoms with Gasteiger partial charge >= 0.3 is 0 Å². The van der Waals surface area contributed by atoms with Gasteiger partial charge in [0.2, 0.25) is 0 Å². The van der Waals surface area contributed by atoms with Crippen LogP contribution in [0.3, 0.4) is 0 Å². The number of morpholine rings is 1. The monoisotopic (exact) mass is 284 g/mol. The second kappa shape index (κ2) is 6.33. The lowest BCUT2D eigenvalue weighted by Crippen LogP contribution is -2.36. The Hall–Kier alpha value is -0.450. The summed E-state index contributed by atoms with van der Waals surface area (Å²) in [6, 6.07) is 4.01. The van der Waals surface area contributed by atoms with E-state index < -0.39 is 0 Å². The van der Waals surface area contributed by atoms with Gasteiger partial charge in [-0.05, 0) is 47.4 Å². The van der Waals surface area contributed by atoms with Crippen LogP contribution in [-0.2, 0) is 11.2 Å². The van der Waals surface area contributed by atoms with E-state index in [2.05, 4.69) is 31.9 Å². The predicted octanol–water partition coefficient (Wildman–Crippen LogP) is 2.11. The fourth-order valence-corrected chi connectivity index (χ4v) is 2.35. The number of aromatic nitrogens is 1. The topological polar surface area (TPSA) is 25.4 Å². The predicted molar refractivity (Wildman–Crippen MR) is 67.5 cm³/mol. The van der Waals surface area contributed by atoms with Gasteiger partial charge in [-0.1, -0.05) is 0 Å². The van der Waals surface area contributed by atoms with Crippen LogP contribution in [0, 0.1) is 0 Å². The average molecular weight is 285 g/mol. The highest BCUT2D eigenvalue weighted by atomic mass is 79.9. The van der Waals surface area contributed by atoms with Gasteiger partial charge < -0.3 is 4.74 Å². The van der Waals surface area contributed by atoms with E-state index in [1.54, 1.807) is 0 Å². The summed E-state index contributed by atoms with van der Waals surface area (Å²) in [4.78, 5) is 6.83. The quantitative estimate of drug-likeness (QED) is 0.847. The molecule has 0 bridgehead atoms. The molecule has 4 heteroatoms. The third kappa shape index (κ3) is 3.54. The van der Waals surface area contributed by atoms with Gasteiger partial charge in [-0.25, -0.2) is 0 Å². The molecular weight excluding hydrogens is 268 g/mol. The molecule has 88 valence electrons. The van der Waals surface area contributed by atoms with Gasteiger partial charge in [-0.15, -0.1) is 0 Å². The molecule has 3 nitrogen and oxygen atoms in total. The molecule has 0 radical (unpaired) electrons. The van der Waals surface area contributed by atoms with E-state index in [4.69, 9.17) is 4.74 Å². The maximum Gasteiger partial charge on any atom is 0.0594 e. The van der Waals surface area contributed by atoms with Crippen LogP contribution in [0.25, 0.3) is 0 Å². The number of hydrogen-bond donors (Lipinski definition) is 0. The minimum atomic E-state index is 0.882. The van der Waals surface area contributed by atoms with Crippen molar-refractivity contribution in [3.63, 3.8) is 0 Å². The minimum absolute atomic E-state index is 0.882. The fraction of sp³-hybridized carbons (Fsp3) is 0.583. The minimum Gasteiger partial charge on any atom is -0.379 e. The average Bonchev–Trinajstić information content (AvgIpc) is 2.33. The molecule has 0 spiro atoms. The van der Waals surface area contributed by atoms with Crippen LogP contribution >= 0.6 is 15.9 Å². The maximum atomic E-state index is 5.32. The van der Waals surface area contributed by atoms with Crippen LogP contribution in [-0.4, -0.2) is 42.7 Å². The number of hydrogen-bond acceptors (Lipinski definition) is 3. The second-order valence-electron chi connectivity index (χ2n) is 3.99. The second-order valence-corrected chi connectivity index (χ2v) is 4.84. The highest BCUT2D eigenvalue weighted by Gasteiger charge is 2.09. The highest BCUT2D eigenvalue weighted by Crippen LogP contribution is 2.15. The number of pyridine rings is 1. The van der Waals surface area contributed by atoms with Gasteiger partial charge in [0.05, 0.1) is 18.9 Å². The number of halogens is 1. The first-order valence-corrected chi connectivity index (χ1v) is 6.55. The Labute approximate surface area is 105 Å². The molecule has 0 atom stereocenters. The van der Waals surface area contributed by atoms with E-state index in [0.29, 0.717) is 0 Å². The highest BCUT2D eigenvalue weighted by molar-refractivity contribution is 9.10. The van der Waals surface area contributed by atoms with Gasteiger partial charge in [-0.2, -0.15) is 0 Å². The number of rotatable bonds is 4. The lowest BCUT2D eigenvalue weighted by atomic mass is 10.2. The Morgan fingerprint density at radius 2 is 2.19 bits per heavy atom. The Kier molecular flexibility index (Phi) is 4.75. The molecular formula is C12H17BrN2O. The van der Waals surface area contributed by atoms with Crippen molar-refractivity contribution in [1.29, 1.82) is 0 Å². The molecule has 1 saturated heterocycles. The molecule has 1 aliphatic rings. The zero-order chi connectivity index (χ0) is 11.2. The van der Waals surface area contributed by atoms with E-state index in [9.17, 15) is 0 Å². The van der Waals surface area contributed by atoms with Gasteiger partial charge in [0.15, 0.2) is 0 Å². The number of ether oxygens (including phenoxy) is 1. The van der Waals surface area contributed by atoms with Gasteiger partial charge in [0, 0.05) is 23.8 Å². The van der Waals surface area contributed by atoms with Crippen LogP contribution in [0.15, 0.2) is 22.8 Å². The molecule has 2 rings (SSSR count). The zero-order valence-corrected chi connectivity index (χ0v) is 10.9. The molecule has 1 aromatic rings. The first kappa shape index (κ1) is 12.0. The van der Waals surface area contributed by atoms with Crippen LogP contribution < -0.4 is 0 Å². The van der Waals surface area contributed by atoms with Crippen molar-refractivity contribution in [3.05, 3.63) is 28.5 Å². The molecule has 0 aromatic carbocycles. The van der Waals surface area contributed by atoms with E-state index >= 15 is 0 Å². The molecule has 0 aliphatic carbocycles. The summed E-state index contributed by atoms with van der Waals surface area (Å²) in [6.07, 6.45) is 4.06. The third-order valence-corrected chi connectivity index (χ3v) is 3.55. The SMILES string of the molecule is Brc1cccnc1CCCN1CCOCC1. The van der Waals surface area contributed by atoms with E-state index in [-0.39, 0.29) is 0 Å². The third-order valence-electron chi connectivity index (χ3n) is 2.83. The van der Waals surface area contributed by atoms with Crippen LogP contribution in [0.2, 0.25) is 0 Å². The smallest absolute Gasteiger partial charge is 0.0594 e. The van der Waals surface area contributed by atoms with Crippen LogP contribution in [0.4, 0.5) is 0 Å². The van der Waals surface area contributed by atoms with Crippen LogP contribution in [0.1, 0.15) is 12.1 Å². The van der Waals surface area contributed by atoms with Crippen molar-refractivity contribution in [2.45, 2.75) is 12.8 Å². The molecule has 0 N–H and O–H groups in total. The summed E-state index contributed by atoms with van der Waals surface area (Å²) in [7, 11) is 0. The largest absolute Gasteiger partial charge is 0.379 e. The Morgan fingerprint density at radius 3 is 2.94 bits per heavy atom.